The molecule has 3 aromatic rings. The number of nitrogens with one attached hydrogen (secondary N) is 2. The molecule has 2 N–H and O–H groups in total. The summed E-state index contributed by atoms with van der Waals surface area (Å²) in [7, 11) is 7.31. The fourth-order valence-electron chi connectivity index (χ4n) is 6.06. The van der Waals surface area contributed by atoms with Gasteiger partial charge in [0.15, 0.2) is 5.82 Å². The summed E-state index contributed by atoms with van der Waals surface area (Å²) in [6.45, 7) is 4.11. The van der Waals surface area contributed by atoms with E-state index in [1.54, 1.807) is 9.80 Å². The second kappa shape index (κ2) is 18.4. The van der Waals surface area contributed by atoms with Crippen LogP contribution < -0.4 is 15.1 Å². The third-order valence-corrected chi connectivity index (χ3v) is 9.79. The second-order valence-electron chi connectivity index (χ2n) is 13.8. The number of alkyl halides is 6. The predicted molar refractivity (Wildman–Crippen MR) is 206 cm³/mol. The van der Waals surface area contributed by atoms with Gasteiger partial charge >= 0.3 is 18.3 Å². The van der Waals surface area contributed by atoms with Crippen molar-refractivity contribution in [2.75, 3.05) is 76.0 Å². The van der Waals surface area contributed by atoms with Crippen molar-refractivity contribution in [3.05, 3.63) is 71.0 Å². The Labute approximate surface area is 335 Å². The van der Waals surface area contributed by atoms with Gasteiger partial charge in [-0.15, -0.1) is 0 Å². The molecule has 0 radical (unpaired) electrons. The van der Waals surface area contributed by atoms with Crippen molar-refractivity contribution in [3.8, 4) is 0 Å². The average molecular weight is 841 g/mol. The molecule has 314 valence electrons. The minimum absolute atomic E-state index is 0.0173. The zero-order valence-corrected chi connectivity index (χ0v) is 33.3. The van der Waals surface area contributed by atoms with Crippen LogP contribution in [0.25, 0.3) is 5.57 Å². The van der Waals surface area contributed by atoms with Gasteiger partial charge < -0.3 is 34.4 Å². The smallest absolute Gasteiger partial charge is 0.339 e. The van der Waals surface area contributed by atoms with E-state index in [4.69, 9.17) is 17.0 Å². The minimum Gasteiger partial charge on any atom is -0.339 e. The van der Waals surface area contributed by atoms with E-state index in [9.17, 15) is 45.5 Å². The highest BCUT2D eigenvalue weighted by atomic mass is 35.5. The van der Waals surface area contributed by atoms with E-state index in [0.717, 1.165) is 60.2 Å². The number of imidazole rings is 1. The fourth-order valence-corrected chi connectivity index (χ4v) is 6.32. The van der Waals surface area contributed by atoms with E-state index in [1.807, 2.05) is 25.9 Å². The molecule has 58 heavy (non-hydrogen) atoms. The van der Waals surface area contributed by atoms with Crippen molar-refractivity contribution in [2.45, 2.75) is 32.1 Å². The molecule has 1 fully saturated rings. The first-order valence-electron chi connectivity index (χ1n) is 17.8. The van der Waals surface area contributed by atoms with Crippen LogP contribution in [0.2, 0.25) is 5.02 Å². The number of carbonyl (C=O) groups excluding carboxylic acids is 4. The summed E-state index contributed by atoms with van der Waals surface area (Å²) in [6.07, 6.45) is -6.09. The highest BCUT2D eigenvalue weighted by Crippen LogP contribution is 2.30. The SMILES string of the molecule is CCC(CCN(C)C)C(=O)N1CCN(C(=O)c2ccc(NC(=O)c3ncc(C(=CN(C)c4ccc(N(C)C(=O)C(F)(F)F)cn4)C(=N)C(F)(F)F)n3C)cc2Cl)CC1. The summed E-state index contributed by atoms with van der Waals surface area (Å²) in [4.78, 5) is 66.1. The van der Waals surface area contributed by atoms with Gasteiger partial charge in [0.1, 0.15) is 11.5 Å². The molecule has 1 aliphatic rings. The molecule has 1 unspecified atom stereocenters. The number of hydrogen-bond acceptors (Lipinski definition) is 9. The highest BCUT2D eigenvalue weighted by Gasteiger charge is 2.42. The van der Waals surface area contributed by atoms with Crippen LogP contribution in [0.15, 0.2) is 48.9 Å². The number of aromatic nitrogens is 3. The number of benzene rings is 1. The zero-order chi connectivity index (χ0) is 43.3. The maximum atomic E-state index is 13.9. The lowest BCUT2D eigenvalue weighted by atomic mass is 10.00. The molecule has 4 amide bonds. The third kappa shape index (κ3) is 10.7. The summed E-state index contributed by atoms with van der Waals surface area (Å²) in [6, 6.07) is 6.44. The summed E-state index contributed by atoms with van der Waals surface area (Å²) in [5.74, 6) is -3.84. The van der Waals surface area contributed by atoms with Gasteiger partial charge in [0, 0.05) is 70.7 Å². The van der Waals surface area contributed by atoms with Crippen molar-refractivity contribution < 1.29 is 45.5 Å². The first kappa shape index (κ1) is 45.2. The molecule has 3 heterocycles. The van der Waals surface area contributed by atoms with Crippen LogP contribution in [0.4, 0.5) is 43.5 Å². The number of nitrogens with zero attached hydrogens (tertiary/aromatic N) is 8. The Hall–Kier alpha value is -5.50. The number of halogens is 7. The van der Waals surface area contributed by atoms with Gasteiger partial charge in [0.25, 0.3) is 11.8 Å². The van der Waals surface area contributed by atoms with Crippen molar-refractivity contribution >= 4 is 63.7 Å². The van der Waals surface area contributed by atoms with Crippen molar-refractivity contribution in [2.24, 2.45) is 13.0 Å². The summed E-state index contributed by atoms with van der Waals surface area (Å²) >= 11 is 6.48. The number of rotatable bonds is 13. The van der Waals surface area contributed by atoms with E-state index in [0.29, 0.717) is 37.5 Å². The lowest BCUT2D eigenvalue weighted by Gasteiger charge is -2.36. The van der Waals surface area contributed by atoms with E-state index in [1.165, 1.54) is 32.3 Å². The molecule has 1 aromatic carbocycles. The van der Waals surface area contributed by atoms with Gasteiger partial charge in [-0.1, -0.05) is 18.5 Å². The number of pyridine rings is 1. The minimum atomic E-state index is -5.15. The molecule has 14 nitrogen and oxygen atoms in total. The van der Waals surface area contributed by atoms with Gasteiger partial charge in [-0.05, 0) is 63.8 Å². The Kier molecular flexibility index (Phi) is 14.3. The molecule has 0 saturated carbocycles. The Morgan fingerprint density at radius 2 is 1.57 bits per heavy atom. The predicted octanol–water partition coefficient (Wildman–Crippen LogP) is 5.57. The first-order chi connectivity index (χ1) is 27.0. The molecule has 0 spiro atoms. The van der Waals surface area contributed by atoms with Crippen molar-refractivity contribution in [1.29, 1.82) is 5.41 Å². The van der Waals surface area contributed by atoms with Gasteiger partial charge in [-0.25, -0.2) is 9.97 Å². The number of amides is 4. The number of piperazine rings is 1. The van der Waals surface area contributed by atoms with Crippen LogP contribution in [-0.4, -0.2) is 132 Å². The fraction of sp³-hybridized carbons (Fsp3) is 0.432. The van der Waals surface area contributed by atoms with Crippen LogP contribution in [0.5, 0.6) is 0 Å². The van der Waals surface area contributed by atoms with Crippen LogP contribution in [0.1, 0.15) is 46.4 Å². The highest BCUT2D eigenvalue weighted by molar-refractivity contribution is 6.34. The molecule has 0 aliphatic carbocycles. The van der Waals surface area contributed by atoms with Crippen LogP contribution in [0, 0.1) is 11.3 Å². The number of anilines is 3. The molecule has 2 aromatic heterocycles. The molecule has 1 aliphatic heterocycles. The van der Waals surface area contributed by atoms with E-state index >= 15 is 0 Å². The Bertz CT molecular complexity index is 2040. The van der Waals surface area contributed by atoms with Crippen LogP contribution >= 0.6 is 11.6 Å². The van der Waals surface area contributed by atoms with Crippen molar-refractivity contribution in [1.82, 2.24) is 29.2 Å². The van der Waals surface area contributed by atoms with Gasteiger partial charge in [-0.2, -0.15) is 26.3 Å². The molecule has 21 heteroatoms. The van der Waals surface area contributed by atoms with E-state index in [-0.39, 0.29) is 57.0 Å². The normalized spacial score (nSPS) is 14.3. The van der Waals surface area contributed by atoms with Gasteiger partial charge in [-0.3, -0.25) is 24.6 Å². The zero-order valence-electron chi connectivity index (χ0n) is 32.5. The molecular weight excluding hydrogens is 798 g/mol. The lowest BCUT2D eigenvalue weighted by molar-refractivity contribution is -0.170. The van der Waals surface area contributed by atoms with E-state index < -0.39 is 35.5 Å². The monoisotopic (exact) mass is 840 g/mol. The van der Waals surface area contributed by atoms with E-state index in [2.05, 4.69) is 15.3 Å². The molecule has 0 bridgehead atoms. The second-order valence-corrected chi connectivity index (χ2v) is 14.2. The Balaban J connectivity index is 1.47. The summed E-state index contributed by atoms with van der Waals surface area (Å²) < 4.78 is 81.4. The van der Waals surface area contributed by atoms with Crippen molar-refractivity contribution in [3.63, 3.8) is 0 Å². The van der Waals surface area contributed by atoms with Crippen LogP contribution in [0.3, 0.4) is 0 Å². The molecule has 1 saturated heterocycles. The number of carbonyl (C=O) groups is 4. The Morgan fingerprint density at radius 3 is 2.10 bits per heavy atom. The maximum Gasteiger partial charge on any atom is 0.471 e. The topological polar surface area (TPSA) is 151 Å². The maximum absolute atomic E-state index is 13.9. The molecule has 1 atom stereocenters. The average Bonchev–Trinajstić information content (AvgIpc) is 3.55. The molecule has 4 rings (SSSR count). The lowest BCUT2D eigenvalue weighted by Crippen LogP contribution is -2.52. The Morgan fingerprint density at radius 1 is 0.931 bits per heavy atom. The first-order valence-corrected chi connectivity index (χ1v) is 18.2. The molecular formula is C37H43ClF6N10O4. The van der Waals surface area contributed by atoms with Gasteiger partial charge in [0.2, 0.25) is 5.91 Å². The largest absolute Gasteiger partial charge is 0.471 e. The van der Waals surface area contributed by atoms with Crippen LogP contribution in [-0.2, 0) is 16.6 Å². The number of hydrogen-bond donors (Lipinski definition) is 2. The summed E-state index contributed by atoms with van der Waals surface area (Å²) in [5, 5.41) is 10.5. The third-order valence-electron chi connectivity index (χ3n) is 9.47. The summed E-state index contributed by atoms with van der Waals surface area (Å²) in [5.41, 5.74) is -2.77. The standard InChI is InChI=1S/C37H43ClF6N10O4/c1-7-22(12-13-49(2)3)33(56)53-14-16-54(17-15-53)34(57)25-10-8-23(18-27(25)38)48-32(55)31-47-20-28(52(31)6)26(30(45)36(39,40)41)21-50(4)29-11-9-24(19-46-29)51(5)35(58)37(42,43)44/h8-11,18-22,45H,7,12-17H2,1-6H3,(H,48,55). The van der Waals surface area contributed by atoms with Gasteiger partial charge in [0.05, 0.1) is 34.4 Å². The quantitative estimate of drug-likeness (QED) is 0.168. The number of allylic oxidation sites excluding steroid dienone is 1.